The molecule has 0 saturated heterocycles. The van der Waals surface area contributed by atoms with Crippen LogP contribution in [0.1, 0.15) is 39.2 Å². The van der Waals surface area contributed by atoms with Crippen molar-refractivity contribution in [1.82, 2.24) is 10.6 Å². The van der Waals surface area contributed by atoms with E-state index in [1.165, 1.54) is 6.07 Å². The van der Waals surface area contributed by atoms with Crippen molar-refractivity contribution in [3.63, 3.8) is 0 Å². The molecule has 2 amide bonds. The molecule has 0 aliphatic carbocycles. The Hall–Kier alpha value is -2.11. The van der Waals surface area contributed by atoms with E-state index in [0.717, 1.165) is 0 Å². The van der Waals surface area contributed by atoms with Gasteiger partial charge in [0.15, 0.2) is 0 Å². The lowest BCUT2D eigenvalue weighted by Gasteiger charge is -2.19. The molecule has 1 aromatic rings. The number of ether oxygens (including phenoxy) is 1. The van der Waals surface area contributed by atoms with E-state index in [2.05, 4.69) is 10.6 Å². The average Bonchev–Trinajstić information content (AvgIpc) is 2.41. The van der Waals surface area contributed by atoms with Crippen molar-refractivity contribution in [3.8, 4) is 0 Å². The normalized spacial score (nSPS) is 10.9. The third-order valence-electron chi connectivity index (χ3n) is 2.68. The quantitative estimate of drug-likeness (QED) is 0.794. The molecule has 0 heterocycles. The predicted octanol–water partition coefficient (Wildman–Crippen LogP) is 2.75. The van der Waals surface area contributed by atoms with Gasteiger partial charge in [0, 0.05) is 25.1 Å². The lowest BCUT2D eigenvalue weighted by molar-refractivity contribution is -0.121. The van der Waals surface area contributed by atoms with Gasteiger partial charge in [0.1, 0.15) is 11.4 Å². The molecule has 0 bridgehead atoms. The van der Waals surface area contributed by atoms with Gasteiger partial charge in [-0.25, -0.2) is 9.18 Å². The molecule has 0 saturated carbocycles. The minimum Gasteiger partial charge on any atom is -0.444 e. The third-order valence-corrected chi connectivity index (χ3v) is 2.68. The maximum Gasteiger partial charge on any atom is 0.407 e. The first-order chi connectivity index (χ1) is 10.3. The van der Waals surface area contributed by atoms with Crippen molar-refractivity contribution < 1.29 is 18.7 Å². The molecular formula is C16H23FN2O3. The molecule has 22 heavy (non-hydrogen) atoms. The maximum absolute atomic E-state index is 13.4. The number of carbonyl (C=O) groups is 2. The Kier molecular flexibility index (Phi) is 6.82. The fourth-order valence-electron chi connectivity index (χ4n) is 1.68. The zero-order chi connectivity index (χ0) is 16.6. The molecule has 0 atom stereocenters. The van der Waals surface area contributed by atoms with Crippen LogP contribution in [0.5, 0.6) is 0 Å². The van der Waals surface area contributed by atoms with E-state index < -0.39 is 11.7 Å². The van der Waals surface area contributed by atoms with Crippen LogP contribution in [0.2, 0.25) is 0 Å². The number of alkyl carbamates (subject to hydrolysis) is 1. The number of nitrogens with one attached hydrogen (secondary N) is 2. The molecule has 0 aromatic heterocycles. The summed E-state index contributed by atoms with van der Waals surface area (Å²) in [5.41, 5.74) is -0.0935. The number of halogens is 1. The minimum atomic E-state index is -0.540. The molecule has 0 aliphatic heterocycles. The third kappa shape index (κ3) is 7.61. The Labute approximate surface area is 130 Å². The van der Waals surface area contributed by atoms with Gasteiger partial charge >= 0.3 is 6.09 Å². The molecule has 0 radical (unpaired) electrons. The first-order valence-corrected chi connectivity index (χ1v) is 7.25. The van der Waals surface area contributed by atoms with Gasteiger partial charge in [0.2, 0.25) is 5.91 Å². The lowest BCUT2D eigenvalue weighted by atomic mass is 10.2. The Morgan fingerprint density at radius 1 is 1.18 bits per heavy atom. The van der Waals surface area contributed by atoms with Gasteiger partial charge in [-0.2, -0.15) is 0 Å². The molecule has 122 valence electrons. The summed E-state index contributed by atoms with van der Waals surface area (Å²) < 4.78 is 18.4. The van der Waals surface area contributed by atoms with Gasteiger partial charge in [0.05, 0.1) is 0 Å². The second kappa shape index (κ2) is 8.36. The van der Waals surface area contributed by atoms with Crippen LogP contribution < -0.4 is 10.6 Å². The Bertz CT molecular complexity index is 512. The van der Waals surface area contributed by atoms with E-state index in [1.807, 2.05) is 0 Å². The van der Waals surface area contributed by atoms with E-state index in [-0.39, 0.29) is 24.7 Å². The molecule has 0 spiro atoms. The lowest BCUT2D eigenvalue weighted by Crippen LogP contribution is -2.33. The first kappa shape index (κ1) is 17.9. The summed E-state index contributed by atoms with van der Waals surface area (Å²) >= 11 is 0. The van der Waals surface area contributed by atoms with E-state index in [4.69, 9.17) is 4.74 Å². The molecule has 0 fully saturated rings. The number of hydrogen-bond donors (Lipinski definition) is 2. The predicted molar refractivity (Wildman–Crippen MR) is 81.7 cm³/mol. The fourth-order valence-corrected chi connectivity index (χ4v) is 1.68. The summed E-state index contributed by atoms with van der Waals surface area (Å²) in [6.07, 6.45) is 0.242. The number of rotatable bonds is 6. The highest BCUT2D eigenvalue weighted by atomic mass is 19.1. The van der Waals surface area contributed by atoms with Crippen LogP contribution in [-0.4, -0.2) is 24.1 Å². The van der Waals surface area contributed by atoms with Crippen molar-refractivity contribution in [2.45, 2.75) is 45.8 Å². The summed E-state index contributed by atoms with van der Waals surface area (Å²) in [6, 6.07) is 6.30. The summed E-state index contributed by atoms with van der Waals surface area (Å²) in [5, 5.41) is 5.22. The molecule has 5 nitrogen and oxygen atoms in total. The van der Waals surface area contributed by atoms with E-state index in [1.54, 1.807) is 39.0 Å². The van der Waals surface area contributed by atoms with Crippen LogP contribution in [0, 0.1) is 5.82 Å². The van der Waals surface area contributed by atoms with Crippen LogP contribution in [0.4, 0.5) is 9.18 Å². The van der Waals surface area contributed by atoms with Gasteiger partial charge in [-0.15, -0.1) is 0 Å². The van der Waals surface area contributed by atoms with Gasteiger partial charge in [-0.05, 0) is 33.3 Å². The molecular weight excluding hydrogens is 287 g/mol. The largest absolute Gasteiger partial charge is 0.444 e. The van der Waals surface area contributed by atoms with Crippen LogP contribution in [-0.2, 0) is 16.1 Å². The minimum absolute atomic E-state index is 0.158. The summed E-state index contributed by atoms with van der Waals surface area (Å²) in [4.78, 5) is 23.0. The maximum atomic E-state index is 13.4. The highest BCUT2D eigenvalue weighted by Gasteiger charge is 2.15. The van der Waals surface area contributed by atoms with Gasteiger partial charge in [-0.3, -0.25) is 4.79 Å². The van der Waals surface area contributed by atoms with Crippen molar-refractivity contribution >= 4 is 12.0 Å². The number of hydrogen-bond acceptors (Lipinski definition) is 3. The number of carbonyl (C=O) groups excluding carboxylic acids is 2. The van der Waals surface area contributed by atoms with E-state index >= 15 is 0 Å². The van der Waals surface area contributed by atoms with Crippen molar-refractivity contribution in [3.05, 3.63) is 35.6 Å². The topological polar surface area (TPSA) is 67.4 Å². The molecule has 0 aliphatic rings. The average molecular weight is 310 g/mol. The summed E-state index contributed by atoms with van der Waals surface area (Å²) in [6.45, 7) is 5.85. The SMILES string of the molecule is CC(C)(C)OC(=O)NCCCC(=O)NCc1ccccc1F. The Balaban J connectivity index is 2.16. The van der Waals surface area contributed by atoms with Crippen LogP contribution in [0.25, 0.3) is 0 Å². The number of amides is 2. The molecule has 2 N–H and O–H groups in total. The first-order valence-electron chi connectivity index (χ1n) is 7.25. The monoisotopic (exact) mass is 310 g/mol. The van der Waals surface area contributed by atoms with Crippen molar-refractivity contribution in [2.75, 3.05) is 6.54 Å². The fraction of sp³-hybridized carbons (Fsp3) is 0.500. The summed E-state index contributed by atoms with van der Waals surface area (Å²) in [5.74, 6) is -0.524. The number of benzene rings is 1. The molecule has 0 unspecified atom stereocenters. The van der Waals surface area contributed by atoms with Crippen molar-refractivity contribution in [1.29, 1.82) is 0 Å². The van der Waals surface area contributed by atoms with Crippen LogP contribution in [0.3, 0.4) is 0 Å². The van der Waals surface area contributed by atoms with Crippen LogP contribution >= 0.6 is 0 Å². The van der Waals surface area contributed by atoms with Gasteiger partial charge < -0.3 is 15.4 Å². The van der Waals surface area contributed by atoms with E-state index in [0.29, 0.717) is 18.5 Å². The summed E-state index contributed by atoms with van der Waals surface area (Å²) in [7, 11) is 0. The van der Waals surface area contributed by atoms with Gasteiger partial charge in [0.25, 0.3) is 0 Å². The second-order valence-corrected chi connectivity index (χ2v) is 5.90. The van der Waals surface area contributed by atoms with Gasteiger partial charge in [-0.1, -0.05) is 18.2 Å². The highest BCUT2D eigenvalue weighted by molar-refractivity contribution is 5.76. The second-order valence-electron chi connectivity index (χ2n) is 5.90. The zero-order valence-electron chi connectivity index (χ0n) is 13.2. The van der Waals surface area contributed by atoms with E-state index in [9.17, 15) is 14.0 Å². The standard InChI is InChI=1S/C16H23FN2O3/c1-16(2,3)22-15(21)18-10-6-9-14(20)19-11-12-7-4-5-8-13(12)17/h4-5,7-8H,6,9-11H2,1-3H3,(H,18,21)(H,19,20). The molecule has 6 heteroatoms. The molecule has 1 rings (SSSR count). The van der Waals surface area contributed by atoms with Crippen LogP contribution in [0.15, 0.2) is 24.3 Å². The Morgan fingerprint density at radius 2 is 1.86 bits per heavy atom. The molecule has 1 aromatic carbocycles. The smallest absolute Gasteiger partial charge is 0.407 e. The highest BCUT2D eigenvalue weighted by Crippen LogP contribution is 2.07. The van der Waals surface area contributed by atoms with Crippen molar-refractivity contribution in [2.24, 2.45) is 0 Å². The Morgan fingerprint density at radius 3 is 2.50 bits per heavy atom. The zero-order valence-corrected chi connectivity index (χ0v) is 13.2.